The number of aliphatic hydroxyl groups is 1. The molecule has 0 aliphatic carbocycles. The molecule has 3 N–H and O–H groups in total. The van der Waals surface area contributed by atoms with Crippen molar-refractivity contribution in [2.75, 3.05) is 0 Å². The minimum Gasteiger partial charge on any atom is -0.392 e. The predicted molar refractivity (Wildman–Crippen MR) is 34.6 cm³/mol. The fourth-order valence-electron chi connectivity index (χ4n) is 0.575. The van der Waals surface area contributed by atoms with Crippen LogP contribution in [0.4, 0.5) is 0 Å². The van der Waals surface area contributed by atoms with Crippen molar-refractivity contribution in [3.8, 4) is 0 Å². The van der Waals surface area contributed by atoms with Gasteiger partial charge >= 0.3 is 0 Å². The Kier molecular flexibility index (Phi) is 3.83. The molecule has 0 spiro atoms. The van der Waals surface area contributed by atoms with E-state index in [0.29, 0.717) is 0 Å². The van der Waals surface area contributed by atoms with Crippen molar-refractivity contribution in [1.29, 1.82) is 0 Å². The first-order valence-electron chi connectivity index (χ1n) is 3.16. The van der Waals surface area contributed by atoms with E-state index >= 15 is 0 Å². The molecule has 8 heavy (non-hydrogen) atoms. The maximum absolute atomic E-state index is 9.00. The van der Waals surface area contributed by atoms with Crippen molar-refractivity contribution in [2.24, 2.45) is 5.73 Å². The smallest absolute Gasteiger partial charge is 0.0688 e. The maximum Gasteiger partial charge on any atom is 0.0688 e. The lowest BCUT2D eigenvalue weighted by Gasteiger charge is -2.13. The molecule has 50 valence electrons. The average Bonchev–Trinajstić information content (AvgIpc) is 1.84. The van der Waals surface area contributed by atoms with Crippen LogP contribution >= 0.6 is 0 Å². The van der Waals surface area contributed by atoms with Crippen molar-refractivity contribution in [1.82, 2.24) is 0 Å². The molecule has 0 aromatic rings. The van der Waals surface area contributed by atoms with Crippen molar-refractivity contribution in [3.05, 3.63) is 0 Å². The standard InChI is InChI=1S/C6H15NO/c1-3-5(7)6(8)4-2/h5-6,8H,3-4,7H2,1-2H3/t5-,6+/m1/s1. The van der Waals surface area contributed by atoms with Crippen molar-refractivity contribution < 1.29 is 5.11 Å². The van der Waals surface area contributed by atoms with E-state index < -0.39 is 0 Å². The lowest BCUT2D eigenvalue weighted by molar-refractivity contribution is 0.138. The molecular formula is C6H15NO. The van der Waals surface area contributed by atoms with Crippen LogP contribution in [-0.4, -0.2) is 17.3 Å². The van der Waals surface area contributed by atoms with Gasteiger partial charge in [-0.1, -0.05) is 13.8 Å². The van der Waals surface area contributed by atoms with Gasteiger partial charge < -0.3 is 10.8 Å². The first-order chi connectivity index (χ1) is 3.72. The van der Waals surface area contributed by atoms with Crippen molar-refractivity contribution in [2.45, 2.75) is 38.8 Å². The molecule has 0 unspecified atom stereocenters. The van der Waals surface area contributed by atoms with Crippen LogP contribution in [0.15, 0.2) is 0 Å². The molecule has 0 aromatic heterocycles. The van der Waals surface area contributed by atoms with Gasteiger partial charge in [0.2, 0.25) is 0 Å². The third-order valence-electron chi connectivity index (χ3n) is 1.38. The number of rotatable bonds is 3. The van der Waals surface area contributed by atoms with Gasteiger partial charge in [0, 0.05) is 6.04 Å². The van der Waals surface area contributed by atoms with Crippen LogP contribution in [0.1, 0.15) is 26.7 Å². The minimum atomic E-state index is -0.306. The van der Waals surface area contributed by atoms with Crippen LogP contribution < -0.4 is 5.73 Å². The maximum atomic E-state index is 9.00. The number of nitrogens with two attached hydrogens (primary N) is 1. The van der Waals surface area contributed by atoms with E-state index in [1.54, 1.807) is 0 Å². The zero-order valence-electron chi connectivity index (χ0n) is 5.59. The molecule has 0 fully saturated rings. The molecule has 2 atom stereocenters. The highest BCUT2D eigenvalue weighted by molar-refractivity contribution is 4.67. The van der Waals surface area contributed by atoms with Gasteiger partial charge in [-0.2, -0.15) is 0 Å². The first kappa shape index (κ1) is 7.92. The number of hydrogen-bond acceptors (Lipinski definition) is 2. The predicted octanol–water partition coefficient (Wildman–Crippen LogP) is 0.495. The van der Waals surface area contributed by atoms with Crippen LogP contribution in [0.5, 0.6) is 0 Å². The second-order valence-corrected chi connectivity index (χ2v) is 2.05. The molecule has 0 bridgehead atoms. The van der Waals surface area contributed by atoms with Crippen LogP contribution in [0.3, 0.4) is 0 Å². The van der Waals surface area contributed by atoms with Gasteiger partial charge in [0.05, 0.1) is 6.10 Å². The summed E-state index contributed by atoms with van der Waals surface area (Å²) in [5.74, 6) is 0. The second kappa shape index (κ2) is 3.87. The molecule has 0 radical (unpaired) electrons. The summed E-state index contributed by atoms with van der Waals surface area (Å²) in [6.07, 6.45) is 1.31. The summed E-state index contributed by atoms with van der Waals surface area (Å²) in [7, 11) is 0. The van der Waals surface area contributed by atoms with E-state index in [4.69, 9.17) is 10.8 Å². The Hall–Kier alpha value is -0.0800. The Morgan fingerprint density at radius 1 is 1.38 bits per heavy atom. The summed E-state index contributed by atoms with van der Waals surface area (Å²) in [5, 5.41) is 9.00. The van der Waals surface area contributed by atoms with E-state index in [1.807, 2.05) is 13.8 Å². The molecular weight excluding hydrogens is 102 g/mol. The fraction of sp³-hybridized carbons (Fsp3) is 1.00. The molecule has 2 nitrogen and oxygen atoms in total. The number of hydrogen-bond donors (Lipinski definition) is 2. The third-order valence-corrected chi connectivity index (χ3v) is 1.38. The first-order valence-corrected chi connectivity index (χ1v) is 3.16. The van der Waals surface area contributed by atoms with E-state index in [0.717, 1.165) is 12.8 Å². The van der Waals surface area contributed by atoms with Gasteiger partial charge in [-0.15, -0.1) is 0 Å². The van der Waals surface area contributed by atoms with Crippen molar-refractivity contribution >= 4 is 0 Å². The molecule has 0 saturated carbocycles. The van der Waals surface area contributed by atoms with Crippen molar-refractivity contribution in [3.63, 3.8) is 0 Å². The summed E-state index contributed by atoms with van der Waals surface area (Å²) >= 11 is 0. The molecule has 2 heteroatoms. The summed E-state index contributed by atoms with van der Waals surface area (Å²) < 4.78 is 0. The lowest BCUT2D eigenvalue weighted by Crippen LogP contribution is -2.33. The van der Waals surface area contributed by atoms with E-state index in [-0.39, 0.29) is 12.1 Å². The summed E-state index contributed by atoms with van der Waals surface area (Å²) in [6, 6.07) is -0.0278. The van der Waals surface area contributed by atoms with Gasteiger partial charge in [0.25, 0.3) is 0 Å². The second-order valence-electron chi connectivity index (χ2n) is 2.05. The van der Waals surface area contributed by atoms with Crippen LogP contribution in [-0.2, 0) is 0 Å². The van der Waals surface area contributed by atoms with E-state index in [2.05, 4.69) is 0 Å². The fourth-order valence-corrected chi connectivity index (χ4v) is 0.575. The highest BCUT2D eigenvalue weighted by atomic mass is 16.3. The molecule has 0 saturated heterocycles. The largest absolute Gasteiger partial charge is 0.392 e. The topological polar surface area (TPSA) is 46.2 Å². The zero-order valence-corrected chi connectivity index (χ0v) is 5.59. The lowest BCUT2D eigenvalue weighted by atomic mass is 10.1. The van der Waals surface area contributed by atoms with Gasteiger partial charge in [0.1, 0.15) is 0 Å². The van der Waals surface area contributed by atoms with Gasteiger partial charge in [-0.3, -0.25) is 0 Å². The molecule has 0 amide bonds. The van der Waals surface area contributed by atoms with Gasteiger partial charge in [-0.05, 0) is 12.8 Å². The molecule has 0 aromatic carbocycles. The molecule has 0 aliphatic heterocycles. The van der Waals surface area contributed by atoms with E-state index in [1.165, 1.54) is 0 Å². The molecule has 0 heterocycles. The normalized spacial score (nSPS) is 18.0. The quantitative estimate of drug-likeness (QED) is 0.565. The van der Waals surface area contributed by atoms with Crippen LogP contribution in [0.25, 0.3) is 0 Å². The highest BCUT2D eigenvalue weighted by Gasteiger charge is 2.08. The summed E-state index contributed by atoms with van der Waals surface area (Å²) in [5.41, 5.74) is 5.48. The zero-order chi connectivity index (χ0) is 6.57. The van der Waals surface area contributed by atoms with Crippen LogP contribution in [0.2, 0.25) is 0 Å². The summed E-state index contributed by atoms with van der Waals surface area (Å²) in [6.45, 7) is 3.91. The Balaban J connectivity index is 3.29. The average molecular weight is 117 g/mol. The Labute approximate surface area is 50.7 Å². The van der Waals surface area contributed by atoms with Crippen LogP contribution in [0, 0.1) is 0 Å². The SMILES string of the molecule is CC[C@@H](N)[C@@H](O)CC. The third kappa shape index (κ3) is 2.28. The Bertz CT molecular complexity index is 48.5. The number of aliphatic hydroxyl groups excluding tert-OH is 1. The Morgan fingerprint density at radius 2 is 1.88 bits per heavy atom. The van der Waals surface area contributed by atoms with Gasteiger partial charge in [-0.25, -0.2) is 0 Å². The molecule has 0 rings (SSSR count). The highest BCUT2D eigenvalue weighted by Crippen LogP contribution is 1.97. The summed E-state index contributed by atoms with van der Waals surface area (Å²) in [4.78, 5) is 0. The minimum absolute atomic E-state index is 0.0278. The monoisotopic (exact) mass is 117 g/mol. The van der Waals surface area contributed by atoms with Gasteiger partial charge in [0.15, 0.2) is 0 Å². The molecule has 0 aliphatic rings. The Morgan fingerprint density at radius 3 is 2.00 bits per heavy atom. The van der Waals surface area contributed by atoms with E-state index in [9.17, 15) is 0 Å².